The van der Waals surface area contributed by atoms with Crippen LogP contribution in [0.1, 0.15) is 45.1 Å². The SMILES string of the molecule is COC(=O)c1ccc(C2C(=C([O-])c3ccc(OCc4ccccc4C)cc3)C(=O)C(=O)N2CCC[n+]2cc[nH]c2)cc1. The Morgan fingerprint density at radius 1 is 1.00 bits per heavy atom. The van der Waals surface area contributed by atoms with Crippen molar-refractivity contribution in [3.63, 3.8) is 0 Å². The Hall–Kier alpha value is -5.18. The Bertz CT molecular complexity index is 1610. The largest absolute Gasteiger partial charge is 0.872 e. The second-order valence-electron chi connectivity index (χ2n) is 10.0. The van der Waals surface area contributed by atoms with Crippen LogP contribution in [0.15, 0.2) is 97.1 Å². The quantitative estimate of drug-likeness (QED) is 0.104. The van der Waals surface area contributed by atoms with Gasteiger partial charge in [0, 0.05) is 18.5 Å². The van der Waals surface area contributed by atoms with E-state index in [4.69, 9.17) is 9.47 Å². The Balaban J connectivity index is 1.43. The number of rotatable bonds is 10. The molecular weight excluding hydrogens is 534 g/mol. The molecule has 1 unspecified atom stereocenters. The number of aromatic amines is 1. The van der Waals surface area contributed by atoms with Crippen LogP contribution < -0.4 is 14.4 Å². The minimum absolute atomic E-state index is 0.117. The number of aryl methyl sites for hydroxylation is 2. The first-order valence-corrected chi connectivity index (χ1v) is 13.6. The fourth-order valence-corrected chi connectivity index (χ4v) is 5.04. The van der Waals surface area contributed by atoms with Crippen LogP contribution in [0.5, 0.6) is 5.75 Å². The lowest BCUT2D eigenvalue weighted by Gasteiger charge is -2.27. The van der Waals surface area contributed by atoms with Crippen LogP contribution >= 0.6 is 0 Å². The van der Waals surface area contributed by atoms with Crippen molar-refractivity contribution in [2.45, 2.75) is 32.5 Å². The molecular formula is C33H31N3O6. The van der Waals surface area contributed by atoms with Crippen molar-refractivity contribution in [2.24, 2.45) is 0 Å². The molecule has 1 aliphatic rings. The van der Waals surface area contributed by atoms with Gasteiger partial charge < -0.3 is 19.5 Å². The molecule has 9 nitrogen and oxygen atoms in total. The van der Waals surface area contributed by atoms with Gasteiger partial charge in [-0.3, -0.25) is 14.6 Å². The smallest absolute Gasteiger partial charge is 0.337 e. The highest BCUT2D eigenvalue weighted by atomic mass is 16.5. The molecule has 0 bridgehead atoms. The van der Waals surface area contributed by atoms with Crippen LogP contribution in [0.4, 0.5) is 0 Å². The summed E-state index contributed by atoms with van der Waals surface area (Å²) in [5.74, 6) is -2.00. The molecule has 1 fully saturated rings. The summed E-state index contributed by atoms with van der Waals surface area (Å²) in [7, 11) is 1.29. The number of esters is 1. The predicted octanol–water partition coefficient (Wildman–Crippen LogP) is 3.29. The molecule has 4 aromatic rings. The molecule has 1 amide bonds. The fraction of sp³-hybridized carbons (Fsp3) is 0.212. The summed E-state index contributed by atoms with van der Waals surface area (Å²) < 4.78 is 12.6. The molecule has 0 radical (unpaired) electrons. The van der Waals surface area contributed by atoms with Crippen LogP contribution in [-0.2, 0) is 27.5 Å². The minimum Gasteiger partial charge on any atom is -0.872 e. The van der Waals surface area contributed by atoms with Crippen LogP contribution in [-0.4, -0.2) is 41.2 Å². The second-order valence-corrected chi connectivity index (χ2v) is 10.0. The number of imidazole rings is 1. The maximum Gasteiger partial charge on any atom is 0.337 e. The van der Waals surface area contributed by atoms with E-state index in [0.29, 0.717) is 36.4 Å². The number of likely N-dealkylation sites (tertiary alicyclic amines) is 1. The van der Waals surface area contributed by atoms with Gasteiger partial charge in [0.15, 0.2) is 0 Å². The third kappa shape index (κ3) is 5.95. The highest BCUT2D eigenvalue weighted by molar-refractivity contribution is 6.46. The molecule has 9 heteroatoms. The van der Waals surface area contributed by atoms with E-state index in [1.807, 2.05) is 42.0 Å². The first kappa shape index (κ1) is 28.4. The summed E-state index contributed by atoms with van der Waals surface area (Å²) in [6.45, 7) is 3.26. The van der Waals surface area contributed by atoms with E-state index in [1.165, 1.54) is 12.0 Å². The first-order chi connectivity index (χ1) is 20.4. The number of methoxy groups -OCH3 is 1. The lowest BCUT2D eigenvalue weighted by molar-refractivity contribution is -0.695. The van der Waals surface area contributed by atoms with E-state index in [1.54, 1.807) is 61.1 Å². The third-order valence-electron chi connectivity index (χ3n) is 7.37. The van der Waals surface area contributed by atoms with Gasteiger partial charge in [0.1, 0.15) is 24.8 Å². The van der Waals surface area contributed by atoms with Crippen LogP contribution in [0.3, 0.4) is 0 Å². The number of nitrogens with zero attached hydrogens (tertiary/aromatic N) is 2. The lowest BCUT2D eigenvalue weighted by atomic mass is 9.94. The minimum atomic E-state index is -0.891. The number of ether oxygens (including phenoxy) is 2. The third-order valence-corrected chi connectivity index (χ3v) is 7.37. The summed E-state index contributed by atoms with van der Waals surface area (Å²) in [5, 5.41) is 13.8. The van der Waals surface area contributed by atoms with E-state index >= 15 is 0 Å². The van der Waals surface area contributed by atoms with Crippen LogP contribution in [0.25, 0.3) is 5.76 Å². The molecule has 2 heterocycles. The molecule has 1 atom stereocenters. The average Bonchev–Trinajstić information content (AvgIpc) is 3.63. The maximum absolute atomic E-state index is 13.8. The average molecular weight is 566 g/mol. The fourth-order valence-electron chi connectivity index (χ4n) is 5.04. The lowest BCUT2D eigenvalue weighted by Crippen LogP contribution is -2.36. The number of hydrogen-bond acceptors (Lipinski definition) is 6. The number of benzene rings is 3. The number of amides is 1. The van der Waals surface area contributed by atoms with Gasteiger partial charge in [-0.25, -0.2) is 9.36 Å². The molecule has 0 saturated carbocycles. The number of ketones is 1. The zero-order chi connectivity index (χ0) is 29.6. The van der Waals surface area contributed by atoms with E-state index < -0.39 is 29.5 Å². The number of Topliss-reactive ketones (excluding diaryl/α,β-unsaturated/α-hetero) is 1. The Labute approximate surface area is 243 Å². The van der Waals surface area contributed by atoms with Crippen molar-refractivity contribution in [3.05, 3.63) is 125 Å². The van der Waals surface area contributed by atoms with Gasteiger partial charge in [-0.05, 0) is 53.4 Å². The number of aromatic nitrogens is 2. The van der Waals surface area contributed by atoms with Crippen LogP contribution in [0.2, 0.25) is 0 Å². The molecule has 1 saturated heterocycles. The van der Waals surface area contributed by atoms with E-state index in [9.17, 15) is 19.5 Å². The maximum atomic E-state index is 13.8. The van der Waals surface area contributed by atoms with Crippen molar-refractivity contribution < 1.29 is 33.5 Å². The van der Waals surface area contributed by atoms with Crippen molar-refractivity contribution in [2.75, 3.05) is 13.7 Å². The van der Waals surface area contributed by atoms with Gasteiger partial charge in [-0.15, -0.1) is 0 Å². The van der Waals surface area contributed by atoms with Gasteiger partial charge in [-0.2, -0.15) is 0 Å². The molecule has 0 aliphatic carbocycles. The highest BCUT2D eigenvalue weighted by Gasteiger charge is 2.44. The Kier molecular flexibility index (Phi) is 8.47. The molecule has 1 aliphatic heterocycles. The van der Waals surface area contributed by atoms with E-state index in [0.717, 1.165) is 11.1 Å². The van der Waals surface area contributed by atoms with E-state index in [-0.39, 0.29) is 17.7 Å². The predicted molar refractivity (Wildman–Crippen MR) is 152 cm³/mol. The monoisotopic (exact) mass is 565 g/mol. The molecule has 214 valence electrons. The van der Waals surface area contributed by atoms with Gasteiger partial charge in [0.25, 0.3) is 5.91 Å². The van der Waals surface area contributed by atoms with Crippen molar-refractivity contribution in [1.29, 1.82) is 0 Å². The van der Waals surface area contributed by atoms with Gasteiger partial charge in [0.2, 0.25) is 12.1 Å². The molecule has 3 aromatic carbocycles. The summed E-state index contributed by atoms with van der Waals surface area (Å²) in [5.41, 5.74) is 3.20. The normalized spacial score (nSPS) is 16.0. The first-order valence-electron chi connectivity index (χ1n) is 13.6. The summed E-state index contributed by atoms with van der Waals surface area (Å²) in [6, 6.07) is 20.0. The summed E-state index contributed by atoms with van der Waals surface area (Å²) >= 11 is 0. The van der Waals surface area contributed by atoms with Crippen LogP contribution in [0, 0.1) is 6.92 Å². The number of carbonyl (C=O) groups excluding carboxylic acids is 3. The Morgan fingerprint density at radius 2 is 1.71 bits per heavy atom. The molecule has 1 aromatic heterocycles. The summed E-state index contributed by atoms with van der Waals surface area (Å²) in [4.78, 5) is 43.0. The zero-order valence-electron chi connectivity index (χ0n) is 23.4. The molecule has 5 rings (SSSR count). The van der Waals surface area contributed by atoms with Crippen molar-refractivity contribution >= 4 is 23.4 Å². The number of hydrogen-bond donors (Lipinski definition) is 1. The number of H-pyrrole nitrogens is 1. The van der Waals surface area contributed by atoms with Crippen molar-refractivity contribution in [3.8, 4) is 5.75 Å². The standard InChI is InChI=1S/C33H31N3O6/c1-22-6-3-4-7-26(22)20-42-27-14-12-24(13-15-27)30(37)28-29(23-8-10-25(11-9-23)33(40)41-2)36(32(39)31(28)38)18-5-17-35-19-16-34-21-35/h3-4,6-16,19,21,29H,5,17-18,20H2,1-2H3,(H,37,38). The van der Waals surface area contributed by atoms with E-state index in [2.05, 4.69) is 4.98 Å². The zero-order valence-corrected chi connectivity index (χ0v) is 23.4. The molecule has 0 spiro atoms. The van der Waals surface area contributed by atoms with Gasteiger partial charge >= 0.3 is 5.97 Å². The second kappa shape index (κ2) is 12.6. The summed E-state index contributed by atoms with van der Waals surface area (Å²) in [6.07, 6.45) is 6.03. The van der Waals surface area contributed by atoms with Gasteiger partial charge in [0.05, 0.1) is 25.3 Å². The topological polar surface area (TPSA) is 116 Å². The molecule has 1 N–H and O–H groups in total. The van der Waals surface area contributed by atoms with Crippen molar-refractivity contribution in [1.82, 2.24) is 9.88 Å². The molecule has 42 heavy (non-hydrogen) atoms. The highest BCUT2D eigenvalue weighted by Crippen LogP contribution is 2.39. The Morgan fingerprint density at radius 3 is 2.38 bits per heavy atom. The van der Waals surface area contributed by atoms with Gasteiger partial charge in [-0.1, -0.05) is 54.3 Å². The number of carbonyl (C=O) groups is 3. The number of nitrogens with one attached hydrogen (secondary N) is 1.